The number of nitrogens with zero attached hydrogens (tertiary/aromatic N) is 2. The molecule has 2 aromatic heterocycles. The average molecular weight is 420 g/mol. The summed E-state index contributed by atoms with van der Waals surface area (Å²) in [6, 6.07) is 6.41. The second-order valence-corrected chi connectivity index (χ2v) is 7.99. The number of hydrogen-bond acceptors (Lipinski definition) is 5. The number of hydrogen-bond donors (Lipinski definition) is 1. The summed E-state index contributed by atoms with van der Waals surface area (Å²) in [5.74, 6) is 0.292. The lowest BCUT2D eigenvalue weighted by Crippen LogP contribution is -2.44. The number of rotatable bonds is 3. The lowest BCUT2D eigenvalue weighted by molar-refractivity contribution is 0.0688. The molecule has 0 bridgehead atoms. The number of thiophene rings is 1. The number of amides is 1. The monoisotopic (exact) mass is 419 g/mol. The van der Waals surface area contributed by atoms with Crippen molar-refractivity contribution in [1.29, 1.82) is 0 Å². The van der Waals surface area contributed by atoms with E-state index in [1.807, 2.05) is 0 Å². The second kappa shape index (κ2) is 7.44. The largest absolute Gasteiger partial charge is 0.496 e. The number of ether oxygens (including phenoxy) is 1. The fourth-order valence-electron chi connectivity index (χ4n) is 3.63. The fraction of sp³-hybridized carbons (Fsp3) is 0.316. The number of piperidine rings is 1. The molecule has 146 valence electrons. The summed E-state index contributed by atoms with van der Waals surface area (Å²) in [6.07, 6.45) is 1.04. The number of carbonyl (C=O) groups is 1. The highest BCUT2D eigenvalue weighted by atomic mass is 35.5. The third kappa shape index (κ3) is 3.22. The highest BCUT2D eigenvalue weighted by molar-refractivity contribution is 7.17. The Bertz CT molecular complexity index is 1160. The Hall–Kier alpha value is -2.58. The van der Waals surface area contributed by atoms with E-state index in [-0.39, 0.29) is 17.5 Å². The number of methoxy groups -OCH3 is 1. The average Bonchev–Trinajstić information content (AvgIpc) is 3.16. The topological polar surface area (TPSA) is 84.4 Å². The van der Waals surface area contributed by atoms with Crippen molar-refractivity contribution < 1.29 is 9.53 Å². The van der Waals surface area contributed by atoms with Crippen LogP contribution in [0.5, 0.6) is 5.75 Å². The van der Waals surface area contributed by atoms with Crippen LogP contribution in [0, 0.1) is 0 Å². The smallest absolute Gasteiger partial charge is 0.329 e. The van der Waals surface area contributed by atoms with Gasteiger partial charge in [-0.1, -0.05) is 11.6 Å². The zero-order chi connectivity index (χ0) is 19.8. The van der Waals surface area contributed by atoms with Crippen molar-refractivity contribution in [3.05, 3.63) is 61.1 Å². The van der Waals surface area contributed by atoms with Gasteiger partial charge in [0, 0.05) is 24.2 Å². The highest BCUT2D eigenvalue weighted by Gasteiger charge is 2.28. The second-order valence-electron chi connectivity index (χ2n) is 6.64. The molecule has 0 spiro atoms. The minimum Gasteiger partial charge on any atom is -0.496 e. The van der Waals surface area contributed by atoms with Crippen LogP contribution in [-0.4, -0.2) is 40.6 Å². The fourth-order valence-corrected chi connectivity index (χ4v) is 4.58. The van der Waals surface area contributed by atoms with Gasteiger partial charge in [0.1, 0.15) is 10.4 Å². The van der Waals surface area contributed by atoms with Crippen LogP contribution in [-0.2, 0) is 0 Å². The number of benzene rings is 1. The van der Waals surface area contributed by atoms with E-state index in [4.69, 9.17) is 16.3 Å². The molecule has 9 heteroatoms. The van der Waals surface area contributed by atoms with Crippen LogP contribution in [0.4, 0.5) is 0 Å². The number of H-pyrrole nitrogens is 1. The molecular formula is C19H18ClN3O4S. The van der Waals surface area contributed by atoms with E-state index >= 15 is 0 Å². The van der Waals surface area contributed by atoms with Gasteiger partial charge in [-0.2, -0.15) is 0 Å². The Kier molecular flexibility index (Phi) is 4.99. The third-order valence-corrected chi connectivity index (χ3v) is 6.18. The van der Waals surface area contributed by atoms with Gasteiger partial charge in [-0.05, 0) is 42.5 Å². The molecule has 0 radical (unpaired) electrons. The van der Waals surface area contributed by atoms with Crippen molar-refractivity contribution in [2.45, 2.75) is 18.9 Å². The zero-order valence-corrected chi connectivity index (χ0v) is 16.7. The summed E-state index contributed by atoms with van der Waals surface area (Å²) >= 11 is 7.35. The molecule has 0 saturated carbocycles. The summed E-state index contributed by atoms with van der Waals surface area (Å²) in [7, 11) is 1.51. The molecular weight excluding hydrogens is 402 g/mol. The molecule has 0 unspecified atom stereocenters. The molecule has 0 atom stereocenters. The van der Waals surface area contributed by atoms with Crippen LogP contribution >= 0.6 is 22.9 Å². The molecule has 1 amide bonds. The van der Waals surface area contributed by atoms with Gasteiger partial charge >= 0.3 is 5.69 Å². The van der Waals surface area contributed by atoms with Gasteiger partial charge in [-0.15, -0.1) is 11.3 Å². The van der Waals surface area contributed by atoms with E-state index in [1.165, 1.54) is 23.0 Å². The molecule has 28 heavy (non-hydrogen) atoms. The Morgan fingerprint density at radius 1 is 1.25 bits per heavy atom. The molecule has 1 aliphatic heterocycles. The Morgan fingerprint density at radius 2 is 2.00 bits per heavy atom. The number of aromatic nitrogens is 2. The van der Waals surface area contributed by atoms with E-state index in [2.05, 4.69) is 4.98 Å². The van der Waals surface area contributed by atoms with Crippen molar-refractivity contribution >= 4 is 39.1 Å². The number of carbonyl (C=O) groups excluding carboxylic acids is 1. The number of fused-ring (bicyclic) bond motifs is 1. The quantitative estimate of drug-likeness (QED) is 0.707. The zero-order valence-electron chi connectivity index (χ0n) is 15.1. The lowest BCUT2D eigenvalue weighted by atomic mass is 10.0. The molecule has 4 rings (SSSR count). The number of halogens is 1. The number of likely N-dealkylation sites (tertiary alicyclic amines) is 1. The summed E-state index contributed by atoms with van der Waals surface area (Å²) in [5, 5.41) is 2.24. The van der Waals surface area contributed by atoms with Crippen LogP contribution in [0.3, 0.4) is 0 Å². The van der Waals surface area contributed by atoms with Gasteiger partial charge in [-0.3, -0.25) is 14.2 Å². The molecule has 1 saturated heterocycles. The van der Waals surface area contributed by atoms with Gasteiger partial charge in [0.15, 0.2) is 0 Å². The predicted molar refractivity (Wildman–Crippen MR) is 109 cm³/mol. The van der Waals surface area contributed by atoms with Crippen LogP contribution in [0.25, 0.3) is 10.2 Å². The van der Waals surface area contributed by atoms with E-state index < -0.39 is 5.69 Å². The number of aromatic amines is 1. The normalized spacial score (nSPS) is 15.1. The molecule has 3 aromatic rings. The van der Waals surface area contributed by atoms with E-state index in [1.54, 1.807) is 34.5 Å². The standard InChI is InChI=1S/C19H18ClN3O4S/c1-27-15-3-2-11(20)10-13(15)17(24)22-7-4-12(5-8-22)23-18(25)16-14(6-9-28-16)21-19(23)26/h2-3,6,9-10,12H,4-5,7-8H2,1H3,(H,21,26). The summed E-state index contributed by atoms with van der Waals surface area (Å²) in [4.78, 5) is 42.5. The minimum absolute atomic E-state index is 0.173. The highest BCUT2D eigenvalue weighted by Crippen LogP contribution is 2.27. The third-order valence-electron chi connectivity index (χ3n) is 5.05. The van der Waals surface area contributed by atoms with E-state index in [0.717, 1.165) is 0 Å². The van der Waals surface area contributed by atoms with Crippen LogP contribution in [0.15, 0.2) is 39.2 Å². The van der Waals surface area contributed by atoms with Crippen molar-refractivity contribution in [2.24, 2.45) is 0 Å². The Morgan fingerprint density at radius 3 is 2.71 bits per heavy atom. The summed E-state index contributed by atoms with van der Waals surface area (Å²) in [6.45, 7) is 0.876. The lowest BCUT2D eigenvalue weighted by Gasteiger charge is -2.32. The molecule has 1 fully saturated rings. The van der Waals surface area contributed by atoms with Gasteiger partial charge < -0.3 is 14.6 Å². The van der Waals surface area contributed by atoms with Crippen molar-refractivity contribution in [1.82, 2.24) is 14.5 Å². The molecule has 3 heterocycles. The first kappa shape index (κ1) is 18.8. The molecule has 1 N–H and O–H groups in total. The van der Waals surface area contributed by atoms with Crippen LogP contribution in [0.1, 0.15) is 29.2 Å². The van der Waals surface area contributed by atoms with Gasteiger partial charge in [0.05, 0.1) is 18.2 Å². The maximum atomic E-state index is 12.9. The van der Waals surface area contributed by atoms with Crippen molar-refractivity contribution in [2.75, 3.05) is 20.2 Å². The summed E-state index contributed by atoms with van der Waals surface area (Å²) in [5.41, 5.74) is 0.299. The van der Waals surface area contributed by atoms with Crippen LogP contribution < -0.4 is 16.0 Å². The predicted octanol–water partition coefficient (Wildman–Crippen LogP) is 2.89. The first-order valence-corrected chi connectivity index (χ1v) is 10.1. The maximum absolute atomic E-state index is 12.9. The van der Waals surface area contributed by atoms with Gasteiger partial charge in [0.25, 0.3) is 11.5 Å². The van der Waals surface area contributed by atoms with Gasteiger partial charge in [-0.25, -0.2) is 4.79 Å². The first-order chi connectivity index (χ1) is 13.5. The summed E-state index contributed by atoms with van der Waals surface area (Å²) < 4.78 is 7.11. The Labute approximate surface area is 169 Å². The molecule has 1 aromatic carbocycles. The minimum atomic E-state index is -0.405. The van der Waals surface area contributed by atoms with Gasteiger partial charge in [0.2, 0.25) is 0 Å². The van der Waals surface area contributed by atoms with Crippen molar-refractivity contribution in [3.63, 3.8) is 0 Å². The van der Waals surface area contributed by atoms with E-state index in [0.29, 0.717) is 52.5 Å². The van der Waals surface area contributed by atoms with E-state index in [9.17, 15) is 14.4 Å². The first-order valence-electron chi connectivity index (χ1n) is 8.84. The number of nitrogens with one attached hydrogen (secondary N) is 1. The van der Waals surface area contributed by atoms with Crippen molar-refractivity contribution in [3.8, 4) is 5.75 Å². The maximum Gasteiger partial charge on any atom is 0.329 e. The van der Waals surface area contributed by atoms with Crippen LogP contribution in [0.2, 0.25) is 5.02 Å². The molecule has 0 aliphatic carbocycles. The molecule has 1 aliphatic rings. The Balaban J connectivity index is 1.56. The molecule has 7 nitrogen and oxygen atoms in total. The SMILES string of the molecule is COc1ccc(Cl)cc1C(=O)N1CCC(n2c(=O)[nH]c3ccsc3c2=O)CC1.